The lowest BCUT2D eigenvalue weighted by atomic mass is 10.1. The Morgan fingerprint density at radius 3 is 1.12 bits per heavy atom. The maximum Gasteiger partial charge on any atom is 0.414 e. The van der Waals surface area contributed by atoms with E-state index in [1.807, 2.05) is 0 Å². The summed E-state index contributed by atoms with van der Waals surface area (Å²) >= 11 is 0. The molecule has 0 radical (unpaired) electrons. The smallest absolute Gasteiger partial charge is 0.414 e. The minimum absolute atomic E-state index is 0.189. The van der Waals surface area contributed by atoms with Crippen LogP contribution in [0, 0.1) is 0 Å². The topological polar surface area (TPSA) is 136 Å². The summed E-state index contributed by atoms with van der Waals surface area (Å²) in [6.45, 7) is 7.22. The number of carboxylic acids is 2. The number of carbonyl (C=O) groups is 2. The van der Waals surface area contributed by atoms with Gasteiger partial charge >= 0.3 is 11.9 Å². The van der Waals surface area contributed by atoms with Gasteiger partial charge in [-0.3, -0.25) is 0 Å². The Labute approximate surface area is 152 Å². The Hall–Kier alpha value is -1.30. The lowest BCUT2D eigenvalue weighted by molar-refractivity contribution is -0.172. The number of hydrogen-bond acceptors (Lipinski definition) is 8. The third kappa shape index (κ3) is 6.45. The Bertz CT molecular complexity index is 403. The Morgan fingerprint density at radius 2 is 0.885 bits per heavy atom. The molecule has 4 aliphatic rings. The molecule has 0 bridgehead atoms. The molecule has 0 aromatic carbocycles. The monoisotopic (exact) mass is 376 g/mol. The summed E-state index contributed by atoms with van der Waals surface area (Å²) in [4.78, 5) is 18.2. The normalized spacial score (nSPS) is 25.7. The van der Waals surface area contributed by atoms with Crippen LogP contribution in [0.3, 0.4) is 0 Å². The highest BCUT2D eigenvalue weighted by Gasteiger charge is 2.38. The third-order valence-electron chi connectivity index (χ3n) is 4.54. The summed E-state index contributed by atoms with van der Waals surface area (Å²) in [5.74, 6) is -4.03. The van der Waals surface area contributed by atoms with Gasteiger partial charge in [0.1, 0.15) is 0 Å². The molecule has 0 saturated carbocycles. The van der Waals surface area contributed by atoms with Gasteiger partial charge in [0.05, 0.1) is 26.4 Å². The lowest BCUT2D eigenvalue weighted by Gasteiger charge is -2.31. The number of piperidine rings is 2. The van der Waals surface area contributed by atoms with E-state index in [1.165, 1.54) is 0 Å². The summed E-state index contributed by atoms with van der Waals surface area (Å²) in [5.41, 5.74) is 0. The molecular formula is C16H28N2O8. The summed E-state index contributed by atoms with van der Waals surface area (Å²) < 4.78 is 22.1. The number of nitrogens with one attached hydrogen (secondary N) is 2. The van der Waals surface area contributed by atoms with E-state index >= 15 is 0 Å². The number of hydrogen-bond donors (Lipinski definition) is 4. The highest BCUT2D eigenvalue weighted by Crippen LogP contribution is 2.28. The van der Waals surface area contributed by atoms with Crippen molar-refractivity contribution < 1.29 is 38.7 Å². The largest absolute Gasteiger partial charge is 0.473 e. The van der Waals surface area contributed by atoms with E-state index in [9.17, 15) is 0 Å². The molecule has 150 valence electrons. The van der Waals surface area contributed by atoms with Gasteiger partial charge in [0, 0.05) is 51.9 Å². The molecule has 0 unspecified atom stereocenters. The minimum atomic E-state index is -1.82. The van der Waals surface area contributed by atoms with Crippen molar-refractivity contribution >= 4 is 11.9 Å². The van der Waals surface area contributed by atoms with Crippen LogP contribution in [0.2, 0.25) is 0 Å². The van der Waals surface area contributed by atoms with E-state index < -0.39 is 11.9 Å². The van der Waals surface area contributed by atoms with Gasteiger partial charge in [0.2, 0.25) is 0 Å². The van der Waals surface area contributed by atoms with Crippen LogP contribution in [0.4, 0.5) is 0 Å². The molecule has 26 heavy (non-hydrogen) atoms. The van der Waals surface area contributed by atoms with Crippen LogP contribution in [0.25, 0.3) is 0 Å². The number of rotatable bonds is 0. The average Bonchev–Trinajstić information content (AvgIpc) is 3.28. The summed E-state index contributed by atoms with van der Waals surface area (Å²) in [5, 5.41) is 21.3. The van der Waals surface area contributed by atoms with Gasteiger partial charge in [-0.2, -0.15) is 0 Å². The van der Waals surface area contributed by atoms with E-state index in [1.54, 1.807) is 0 Å². The standard InChI is InChI=1S/2C7H13NO2.C2H2O4/c2*1-3-8-4-2-7(1)9-5-6-10-7;3-1(4)2(5)6/h2*8H,1-6H2;(H,3,4)(H,5,6). The van der Waals surface area contributed by atoms with Crippen LogP contribution >= 0.6 is 0 Å². The fraction of sp³-hybridized carbons (Fsp3) is 0.875. The molecular weight excluding hydrogens is 348 g/mol. The van der Waals surface area contributed by atoms with Gasteiger partial charge < -0.3 is 39.8 Å². The zero-order valence-electron chi connectivity index (χ0n) is 14.8. The van der Waals surface area contributed by atoms with E-state index in [0.29, 0.717) is 0 Å². The summed E-state index contributed by atoms with van der Waals surface area (Å²) in [7, 11) is 0. The first-order chi connectivity index (χ1) is 12.5. The SMILES string of the molecule is C1CC2(CCN1)OCCO2.C1CC2(CCN1)OCCO2.O=C(O)C(=O)O. The molecule has 0 aromatic heterocycles. The van der Waals surface area contributed by atoms with Crippen LogP contribution in [-0.2, 0) is 28.5 Å². The van der Waals surface area contributed by atoms with Crippen LogP contribution in [-0.4, -0.2) is 86.3 Å². The van der Waals surface area contributed by atoms with Gasteiger partial charge in [0.15, 0.2) is 11.6 Å². The van der Waals surface area contributed by atoms with Crippen molar-refractivity contribution in [2.24, 2.45) is 0 Å². The second kappa shape index (κ2) is 10.1. The van der Waals surface area contributed by atoms with E-state index in [-0.39, 0.29) is 11.6 Å². The van der Waals surface area contributed by atoms with Crippen molar-refractivity contribution in [1.29, 1.82) is 0 Å². The average molecular weight is 376 g/mol. The third-order valence-corrected chi connectivity index (χ3v) is 4.54. The Kier molecular flexibility index (Phi) is 8.19. The first-order valence-electron chi connectivity index (χ1n) is 8.91. The molecule has 4 heterocycles. The molecule has 4 saturated heterocycles. The van der Waals surface area contributed by atoms with E-state index in [4.69, 9.17) is 38.7 Å². The molecule has 0 amide bonds. The molecule has 4 fully saturated rings. The Morgan fingerprint density at radius 1 is 0.615 bits per heavy atom. The minimum Gasteiger partial charge on any atom is -0.473 e. The van der Waals surface area contributed by atoms with Gasteiger partial charge in [-0.15, -0.1) is 0 Å². The maximum absolute atomic E-state index is 9.10. The van der Waals surface area contributed by atoms with Gasteiger partial charge in [-0.05, 0) is 0 Å². The number of aliphatic carboxylic acids is 2. The quantitative estimate of drug-likeness (QED) is 0.405. The first-order valence-corrected chi connectivity index (χ1v) is 8.91. The molecule has 0 atom stereocenters. The highest BCUT2D eigenvalue weighted by atomic mass is 16.7. The van der Waals surface area contributed by atoms with Gasteiger partial charge in [0.25, 0.3) is 0 Å². The number of carboxylic acid groups (broad SMARTS) is 2. The van der Waals surface area contributed by atoms with Crippen LogP contribution in [0.5, 0.6) is 0 Å². The molecule has 2 spiro atoms. The van der Waals surface area contributed by atoms with Crippen LogP contribution < -0.4 is 10.6 Å². The molecule has 4 N–H and O–H groups in total. The molecule has 0 aliphatic carbocycles. The zero-order chi connectivity index (χ0) is 18.9. The Balaban J connectivity index is 0.000000146. The van der Waals surface area contributed by atoms with Gasteiger partial charge in [-0.1, -0.05) is 0 Å². The molecule has 0 aromatic rings. The predicted octanol–water partition coefficient (Wildman–Crippen LogP) is -0.619. The second-order valence-corrected chi connectivity index (χ2v) is 6.33. The summed E-state index contributed by atoms with van der Waals surface area (Å²) in [6, 6.07) is 0. The van der Waals surface area contributed by atoms with Crippen molar-refractivity contribution in [2.75, 3.05) is 52.6 Å². The van der Waals surface area contributed by atoms with Crippen LogP contribution in [0.15, 0.2) is 0 Å². The second-order valence-electron chi connectivity index (χ2n) is 6.33. The van der Waals surface area contributed by atoms with Crippen molar-refractivity contribution in [1.82, 2.24) is 10.6 Å². The predicted molar refractivity (Wildman–Crippen MR) is 88.7 cm³/mol. The van der Waals surface area contributed by atoms with Crippen molar-refractivity contribution in [3.8, 4) is 0 Å². The van der Waals surface area contributed by atoms with E-state index in [2.05, 4.69) is 10.6 Å². The van der Waals surface area contributed by atoms with Crippen molar-refractivity contribution in [2.45, 2.75) is 37.3 Å². The number of ether oxygens (including phenoxy) is 4. The summed E-state index contributed by atoms with van der Waals surface area (Å²) in [6.07, 6.45) is 4.03. The molecule has 4 rings (SSSR count). The van der Waals surface area contributed by atoms with Gasteiger partial charge in [-0.25, -0.2) is 9.59 Å². The molecule has 10 heteroatoms. The van der Waals surface area contributed by atoms with Crippen LogP contribution in [0.1, 0.15) is 25.7 Å². The lowest BCUT2D eigenvalue weighted by Crippen LogP contribution is -2.42. The fourth-order valence-electron chi connectivity index (χ4n) is 3.19. The first kappa shape index (κ1) is 21.0. The van der Waals surface area contributed by atoms with Crippen molar-refractivity contribution in [3.63, 3.8) is 0 Å². The molecule has 4 aliphatic heterocycles. The van der Waals surface area contributed by atoms with E-state index in [0.717, 1.165) is 78.3 Å². The van der Waals surface area contributed by atoms with Crippen molar-refractivity contribution in [3.05, 3.63) is 0 Å². The zero-order valence-corrected chi connectivity index (χ0v) is 14.8. The highest BCUT2D eigenvalue weighted by molar-refractivity contribution is 6.27. The maximum atomic E-state index is 9.10. The fourth-order valence-corrected chi connectivity index (χ4v) is 3.19. The molecule has 10 nitrogen and oxygen atoms in total.